The Morgan fingerprint density at radius 2 is 2.00 bits per heavy atom. The van der Waals surface area contributed by atoms with Crippen molar-refractivity contribution in [3.05, 3.63) is 30.5 Å². The molecule has 3 heteroatoms. The number of pyridine rings is 1. The molecule has 3 nitrogen and oxygen atoms in total. The van der Waals surface area contributed by atoms with E-state index in [1.165, 1.54) is 0 Å². The third kappa shape index (κ3) is 2.80. The molecule has 0 aliphatic carbocycles. The number of nitrogens with zero attached hydrogens (tertiary/aromatic N) is 1. The fourth-order valence-corrected chi connectivity index (χ4v) is 1.88. The lowest BCUT2D eigenvalue weighted by atomic mass is 9.81. The van der Waals surface area contributed by atoms with Gasteiger partial charge in [0.05, 0.1) is 11.2 Å². The molecule has 0 aliphatic rings. The van der Waals surface area contributed by atoms with Gasteiger partial charge in [-0.25, -0.2) is 0 Å². The van der Waals surface area contributed by atoms with Crippen LogP contribution in [0.25, 0.3) is 10.9 Å². The Kier molecular flexibility index (Phi) is 3.65. The quantitative estimate of drug-likeness (QED) is 0.816. The number of rotatable bonds is 4. The molecule has 1 aromatic carbocycles. The molecule has 0 atom stereocenters. The number of nitrogen functional groups attached to an aromatic ring is 1. The molecule has 0 unspecified atom stereocenters. The van der Waals surface area contributed by atoms with Gasteiger partial charge in [0.2, 0.25) is 0 Å². The van der Waals surface area contributed by atoms with Crippen LogP contribution in [-0.2, 0) is 0 Å². The summed E-state index contributed by atoms with van der Waals surface area (Å²) < 4.78 is 0. The molecule has 0 aliphatic heterocycles. The van der Waals surface area contributed by atoms with E-state index < -0.39 is 0 Å². The summed E-state index contributed by atoms with van der Waals surface area (Å²) in [6.45, 7) is 10.00. The highest BCUT2D eigenvalue weighted by Crippen LogP contribution is 2.30. The van der Waals surface area contributed by atoms with Gasteiger partial charge in [-0.3, -0.25) is 4.98 Å². The molecule has 3 N–H and O–H groups in total. The molecular weight excluding hydrogens is 234 g/mol. The maximum absolute atomic E-state index is 5.96. The Morgan fingerprint density at radius 3 is 2.68 bits per heavy atom. The van der Waals surface area contributed by atoms with Gasteiger partial charge in [-0.1, -0.05) is 27.7 Å². The number of hydrogen-bond acceptors (Lipinski definition) is 3. The maximum Gasteiger partial charge on any atom is 0.0951 e. The zero-order valence-electron chi connectivity index (χ0n) is 12.2. The van der Waals surface area contributed by atoms with Crippen molar-refractivity contribution in [2.75, 3.05) is 17.6 Å². The third-order valence-corrected chi connectivity index (χ3v) is 4.10. The van der Waals surface area contributed by atoms with Crippen molar-refractivity contribution in [3.8, 4) is 0 Å². The molecule has 0 bridgehead atoms. The van der Waals surface area contributed by atoms with Crippen LogP contribution in [0.2, 0.25) is 0 Å². The van der Waals surface area contributed by atoms with Crippen molar-refractivity contribution >= 4 is 22.3 Å². The zero-order valence-corrected chi connectivity index (χ0v) is 12.2. The first-order chi connectivity index (χ1) is 8.92. The lowest BCUT2D eigenvalue weighted by Gasteiger charge is -2.30. The van der Waals surface area contributed by atoms with Gasteiger partial charge in [-0.05, 0) is 35.6 Å². The van der Waals surface area contributed by atoms with Crippen LogP contribution in [0.3, 0.4) is 0 Å². The highest BCUT2D eigenvalue weighted by molar-refractivity contribution is 5.98. The summed E-state index contributed by atoms with van der Waals surface area (Å²) in [4.78, 5) is 4.36. The van der Waals surface area contributed by atoms with Crippen molar-refractivity contribution in [1.29, 1.82) is 0 Å². The maximum atomic E-state index is 5.96. The molecule has 2 aromatic rings. The fraction of sp³-hybridized carbons (Fsp3) is 0.438. The SMILES string of the molecule is CC(C)C(C)(C)CNc1ccc(N)c2ncccc12. The van der Waals surface area contributed by atoms with Crippen LogP contribution in [0.4, 0.5) is 11.4 Å². The van der Waals surface area contributed by atoms with Gasteiger partial charge in [0.1, 0.15) is 0 Å². The number of fused-ring (bicyclic) bond motifs is 1. The van der Waals surface area contributed by atoms with Gasteiger partial charge in [-0.2, -0.15) is 0 Å². The minimum Gasteiger partial charge on any atom is -0.397 e. The molecule has 0 saturated carbocycles. The topological polar surface area (TPSA) is 50.9 Å². The van der Waals surface area contributed by atoms with E-state index in [9.17, 15) is 0 Å². The van der Waals surface area contributed by atoms with Crippen LogP contribution >= 0.6 is 0 Å². The van der Waals surface area contributed by atoms with Gasteiger partial charge in [-0.15, -0.1) is 0 Å². The van der Waals surface area contributed by atoms with Crippen LogP contribution in [-0.4, -0.2) is 11.5 Å². The molecule has 19 heavy (non-hydrogen) atoms. The Hall–Kier alpha value is -1.77. The minimum atomic E-state index is 0.246. The summed E-state index contributed by atoms with van der Waals surface area (Å²) in [5, 5.41) is 4.63. The Bertz CT molecular complexity index is 573. The second-order valence-electron chi connectivity index (χ2n) is 6.10. The van der Waals surface area contributed by atoms with Gasteiger partial charge in [0.25, 0.3) is 0 Å². The van der Waals surface area contributed by atoms with Crippen molar-refractivity contribution in [1.82, 2.24) is 4.98 Å². The van der Waals surface area contributed by atoms with E-state index in [1.807, 2.05) is 18.2 Å². The molecule has 1 heterocycles. The van der Waals surface area contributed by atoms with E-state index in [4.69, 9.17) is 5.73 Å². The number of nitrogens with two attached hydrogens (primary N) is 1. The van der Waals surface area contributed by atoms with Gasteiger partial charge in [0.15, 0.2) is 0 Å². The Morgan fingerprint density at radius 1 is 1.26 bits per heavy atom. The highest BCUT2D eigenvalue weighted by Gasteiger charge is 2.22. The molecule has 0 radical (unpaired) electrons. The van der Waals surface area contributed by atoms with E-state index in [0.717, 1.165) is 28.8 Å². The lowest BCUT2D eigenvalue weighted by Crippen LogP contribution is -2.28. The molecular formula is C16H23N3. The predicted octanol–water partition coefficient (Wildman–Crippen LogP) is 3.91. The molecule has 0 amide bonds. The second-order valence-corrected chi connectivity index (χ2v) is 6.10. The van der Waals surface area contributed by atoms with Gasteiger partial charge >= 0.3 is 0 Å². The molecule has 0 saturated heterocycles. The summed E-state index contributed by atoms with van der Waals surface area (Å²) in [7, 11) is 0. The first-order valence-corrected chi connectivity index (χ1v) is 6.79. The van der Waals surface area contributed by atoms with Crippen molar-refractivity contribution in [2.45, 2.75) is 27.7 Å². The minimum absolute atomic E-state index is 0.246. The van der Waals surface area contributed by atoms with Crippen LogP contribution in [0, 0.1) is 11.3 Å². The van der Waals surface area contributed by atoms with E-state index >= 15 is 0 Å². The van der Waals surface area contributed by atoms with Crippen LogP contribution in [0.1, 0.15) is 27.7 Å². The van der Waals surface area contributed by atoms with E-state index in [1.54, 1.807) is 6.20 Å². The zero-order chi connectivity index (χ0) is 14.0. The molecule has 2 rings (SSSR count). The Balaban J connectivity index is 2.29. The molecule has 0 spiro atoms. The summed E-state index contributed by atoms with van der Waals surface area (Å²) in [6, 6.07) is 7.96. The summed E-state index contributed by atoms with van der Waals surface area (Å²) in [5.41, 5.74) is 8.91. The summed E-state index contributed by atoms with van der Waals surface area (Å²) in [6.07, 6.45) is 1.78. The molecule has 102 valence electrons. The predicted molar refractivity (Wildman–Crippen MR) is 83.3 cm³/mol. The smallest absolute Gasteiger partial charge is 0.0951 e. The first kappa shape index (κ1) is 13.7. The van der Waals surface area contributed by atoms with Crippen molar-refractivity contribution in [2.24, 2.45) is 11.3 Å². The van der Waals surface area contributed by atoms with Crippen molar-refractivity contribution in [3.63, 3.8) is 0 Å². The monoisotopic (exact) mass is 257 g/mol. The average molecular weight is 257 g/mol. The number of anilines is 2. The summed E-state index contributed by atoms with van der Waals surface area (Å²) >= 11 is 0. The molecule has 0 fully saturated rings. The van der Waals surface area contributed by atoms with Gasteiger partial charge < -0.3 is 11.1 Å². The first-order valence-electron chi connectivity index (χ1n) is 6.79. The van der Waals surface area contributed by atoms with Gasteiger partial charge in [0, 0.05) is 23.8 Å². The van der Waals surface area contributed by atoms with E-state index in [-0.39, 0.29) is 5.41 Å². The second kappa shape index (κ2) is 5.08. The number of nitrogens with one attached hydrogen (secondary N) is 1. The number of benzene rings is 1. The number of hydrogen-bond donors (Lipinski definition) is 2. The van der Waals surface area contributed by atoms with Crippen LogP contribution < -0.4 is 11.1 Å². The van der Waals surface area contributed by atoms with E-state index in [0.29, 0.717) is 5.92 Å². The highest BCUT2D eigenvalue weighted by atomic mass is 14.9. The number of aromatic nitrogens is 1. The third-order valence-electron chi connectivity index (χ3n) is 4.10. The molecule has 1 aromatic heterocycles. The van der Waals surface area contributed by atoms with Crippen molar-refractivity contribution < 1.29 is 0 Å². The average Bonchev–Trinajstić information content (AvgIpc) is 2.38. The van der Waals surface area contributed by atoms with Crippen LogP contribution in [0.5, 0.6) is 0 Å². The van der Waals surface area contributed by atoms with E-state index in [2.05, 4.69) is 44.1 Å². The lowest BCUT2D eigenvalue weighted by molar-refractivity contribution is 0.270. The summed E-state index contributed by atoms with van der Waals surface area (Å²) in [5.74, 6) is 0.623. The normalized spacial score (nSPS) is 12.1. The largest absolute Gasteiger partial charge is 0.397 e. The van der Waals surface area contributed by atoms with Crippen LogP contribution in [0.15, 0.2) is 30.5 Å². The Labute approximate surface area is 115 Å². The standard InChI is InChI=1S/C16H23N3/c1-11(2)16(3,4)10-19-14-8-7-13(17)15-12(14)6-5-9-18-15/h5-9,11,19H,10,17H2,1-4H3. The fourth-order valence-electron chi connectivity index (χ4n) is 1.88.